The van der Waals surface area contributed by atoms with Gasteiger partial charge in [-0.3, -0.25) is 0 Å². The molecule has 3 nitrogen and oxygen atoms in total. The molecule has 1 heterocycles. The van der Waals surface area contributed by atoms with Gasteiger partial charge in [-0.2, -0.15) is 0 Å². The summed E-state index contributed by atoms with van der Waals surface area (Å²) in [6.45, 7) is 13.1. The number of nitrogens with one attached hydrogen (secondary N) is 1. The van der Waals surface area contributed by atoms with E-state index >= 15 is 0 Å². The third-order valence-corrected chi connectivity index (χ3v) is 3.76. The van der Waals surface area contributed by atoms with Crippen molar-refractivity contribution in [2.45, 2.75) is 60.0 Å². The topological polar surface area (TPSA) is 28.2 Å². The summed E-state index contributed by atoms with van der Waals surface area (Å²) >= 11 is 0. The zero-order chi connectivity index (χ0) is 15.1. The van der Waals surface area contributed by atoms with Gasteiger partial charge in [0.2, 0.25) is 0 Å². The molecule has 0 aliphatic carbocycles. The Labute approximate surface area is 124 Å². The van der Waals surface area contributed by atoms with E-state index in [1.165, 1.54) is 18.4 Å². The predicted octanol–water partition coefficient (Wildman–Crippen LogP) is 3.76. The fourth-order valence-electron chi connectivity index (χ4n) is 2.43. The van der Waals surface area contributed by atoms with Crippen LogP contribution in [0.15, 0.2) is 12.1 Å². The van der Waals surface area contributed by atoms with Crippen LogP contribution in [-0.4, -0.2) is 24.6 Å². The zero-order valence-electron chi connectivity index (χ0n) is 14.0. The molecule has 0 bridgehead atoms. The van der Waals surface area contributed by atoms with E-state index in [0.717, 1.165) is 24.6 Å². The van der Waals surface area contributed by atoms with Gasteiger partial charge in [-0.1, -0.05) is 26.8 Å². The molecule has 0 amide bonds. The number of hydrogen-bond acceptors (Lipinski definition) is 3. The summed E-state index contributed by atoms with van der Waals surface area (Å²) in [5.41, 5.74) is 2.43. The number of nitrogens with zero attached hydrogens (tertiary/aromatic N) is 2. The van der Waals surface area contributed by atoms with Crippen molar-refractivity contribution in [2.75, 3.05) is 18.5 Å². The van der Waals surface area contributed by atoms with Crippen LogP contribution in [0.2, 0.25) is 0 Å². The minimum Gasteiger partial charge on any atom is -0.357 e. The van der Waals surface area contributed by atoms with Crippen LogP contribution in [0, 0.1) is 12.8 Å². The van der Waals surface area contributed by atoms with Crippen molar-refractivity contribution >= 4 is 5.82 Å². The number of hydrogen-bond donors (Lipinski definition) is 1. The highest BCUT2D eigenvalue weighted by Crippen LogP contribution is 2.19. The smallest absolute Gasteiger partial charge is 0.128 e. The first-order chi connectivity index (χ1) is 9.45. The molecule has 0 saturated carbocycles. The Morgan fingerprint density at radius 3 is 2.50 bits per heavy atom. The molecule has 1 N–H and O–H groups in total. The molecule has 1 atom stereocenters. The van der Waals surface area contributed by atoms with Crippen LogP contribution in [-0.2, 0) is 6.54 Å². The van der Waals surface area contributed by atoms with Crippen molar-refractivity contribution in [3.63, 3.8) is 0 Å². The number of anilines is 1. The van der Waals surface area contributed by atoms with Crippen LogP contribution in [0.4, 0.5) is 5.82 Å². The summed E-state index contributed by atoms with van der Waals surface area (Å²) in [5, 5.41) is 3.44. The molecular weight excluding hydrogens is 246 g/mol. The molecular formula is C17H31N3. The van der Waals surface area contributed by atoms with Gasteiger partial charge in [-0.05, 0) is 50.8 Å². The first-order valence-corrected chi connectivity index (χ1v) is 7.85. The van der Waals surface area contributed by atoms with E-state index in [-0.39, 0.29) is 0 Å². The monoisotopic (exact) mass is 277 g/mol. The first kappa shape index (κ1) is 17.0. The first-order valence-electron chi connectivity index (χ1n) is 7.85. The largest absolute Gasteiger partial charge is 0.357 e. The van der Waals surface area contributed by atoms with Crippen molar-refractivity contribution in [3.05, 3.63) is 23.4 Å². The van der Waals surface area contributed by atoms with Crippen molar-refractivity contribution in [3.8, 4) is 0 Å². The second kappa shape index (κ2) is 8.25. The lowest BCUT2D eigenvalue weighted by atomic mass is 10.0. The predicted molar refractivity (Wildman–Crippen MR) is 88.3 cm³/mol. The quantitative estimate of drug-likeness (QED) is 0.733. The lowest BCUT2D eigenvalue weighted by molar-refractivity contribution is 0.502. The van der Waals surface area contributed by atoms with E-state index in [9.17, 15) is 0 Å². The maximum Gasteiger partial charge on any atom is 0.128 e. The minimum atomic E-state index is 0.519. The highest BCUT2D eigenvalue weighted by atomic mass is 15.2. The molecule has 0 spiro atoms. The molecule has 0 fully saturated rings. The Hall–Kier alpha value is -1.09. The Kier molecular flexibility index (Phi) is 7.00. The average Bonchev–Trinajstić information content (AvgIpc) is 2.39. The Morgan fingerprint density at radius 1 is 1.25 bits per heavy atom. The normalized spacial score (nSPS) is 12.8. The van der Waals surface area contributed by atoms with E-state index in [1.807, 2.05) is 0 Å². The molecule has 0 aliphatic rings. The Balaban J connectivity index is 2.70. The van der Waals surface area contributed by atoms with E-state index in [1.54, 1.807) is 0 Å². The fourth-order valence-corrected chi connectivity index (χ4v) is 2.43. The molecule has 114 valence electrons. The molecule has 0 saturated heterocycles. The van der Waals surface area contributed by atoms with Gasteiger partial charge in [0.05, 0.1) is 0 Å². The average molecular weight is 277 g/mol. The molecule has 1 unspecified atom stereocenters. The SMILES string of the molecule is CCCNCc1ccc(N(C)C(C)CC(C)C)nc1C. The van der Waals surface area contributed by atoms with E-state index in [2.05, 4.69) is 64.0 Å². The highest BCUT2D eigenvalue weighted by Gasteiger charge is 2.13. The highest BCUT2D eigenvalue weighted by molar-refractivity contribution is 5.41. The molecule has 1 rings (SSSR count). The second-order valence-electron chi connectivity index (χ2n) is 6.18. The van der Waals surface area contributed by atoms with Crippen LogP contribution in [0.1, 0.15) is 51.8 Å². The van der Waals surface area contributed by atoms with Gasteiger partial charge in [0.25, 0.3) is 0 Å². The van der Waals surface area contributed by atoms with Gasteiger partial charge < -0.3 is 10.2 Å². The summed E-state index contributed by atoms with van der Waals surface area (Å²) in [5.74, 6) is 1.79. The van der Waals surface area contributed by atoms with Crippen molar-refractivity contribution < 1.29 is 0 Å². The fraction of sp³-hybridized carbons (Fsp3) is 0.706. The summed E-state index contributed by atoms with van der Waals surface area (Å²) in [7, 11) is 2.14. The Bertz CT molecular complexity index is 401. The summed E-state index contributed by atoms with van der Waals surface area (Å²) in [4.78, 5) is 7.05. The summed E-state index contributed by atoms with van der Waals surface area (Å²) in [6, 6.07) is 4.87. The van der Waals surface area contributed by atoms with Gasteiger partial charge in [0, 0.05) is 25.3 Å². The lowest BCUT2D eigenvalue weighted by Crippen LogP contribution is -2.31. The number of pyridine rings is 1. The minimum absolute atomic E-state index is 0.519. The molecule has 0 aromatic carbocycles. The van der Waals surface area contributed by atoms with Crippen LogP contribution in [0.5, 0.6) is 0 Å². The van der Waals surface area contributed by atoms with Gasteiger partial charge in [-0.25, -0.2) is 4.98 Å². The van der Waals surface area contributed by atoms with Gasteiger partial charge in [0.1, 0.15) is 5.82 Å². The van der Waals surface area contributed by atoms with E-state index in [0.29, 0.717) is 12.0 Å². The maximum atomic E-state index is 4.77. The number of aryl methyl sites for hydroxylation is 1. The lowest BCUT2D eigenvalue weighted by Gasteiger charge is -2.28. The summed E-state index contributed by atoms with van der Waals surface area (Å²) in [6.07, 6.45) is 2.36. The van der Waals surface area contributed by atoms with Gasteiger partial charge in [-0.15, -0.1) is 0 Å². The third kappa shape index (κ3) is 5.12. The third-order valence-electron chi connectivity index (χ3n) is 3.76. The molecule has 1 aromatic heterocycles. The van der Waals surface area contributed by atoms with E-state index < -0.39 is 0 Å². The standard InChI is InChI=1S/C17H31N3/c1-7-10-18-12-16-8-9-17(19-15(16)5)20(6)14(4)11-13(2)3/h8-9,13-14,18H,7,10-12H2,1-6H3. The van der Waals surface area contributed by atoms with E-state index in [4.69, 9.17) is 4.98 Å². The molecule has 1 aromatic rings. The Morgan fingerprint density at radius 2 is 1.95 bits per heavy atom. The van der Waals surface area contributed by atoms with Crippen LogP contribution in [0.3, 0.4) is 0 Å². The van der Waals surface area contributed by atoms with Crippen molar-refractivity contribution in [1.82, 2.24) is 10.3 Å². The van der Waals surface area contributed by atoms with Gasteiger partial charge >= 0.3 is 0 Å². The zero-order valence-corrected chi connectivity index (χ0v) is 14.0. The maximum absolute atomic E-state index is 4.77. The van der Waals surface area contributed by atoms with Crippen LogP contribution in [0.25, 0.3) is 0 Å². The second-order valence-corrected chi connectivity index (χ2v) is 6.18. The van der Waals surface area contributed by atoms with Crippen LogP contribution >= 0.6 is 0 Å². The van der Waals surface area contributed by atoms with Crippen molar-refractivity contribution in [1.29, 1.82) is 0 Å². The number of aromatic nitrogens is 1. The molecule has 0 radical (unpaired) electrons. The van der Waals surface area contributed by atoms with Crippen molar-refractivity contribution in [2.24, 2.45) is 5.92 Å². The van der Waals surface area contributed by atoms with Crippen LogP contribution < -0.4 is 10.2 Å². The molecule has 20 heavy (non-hydrogen) atoms. The number of rotatable bonds is 8. The summed E-state index contributed by atoms with van der Waals surface area (Å²) < 4.78 is 0. The van der Waals surface area contributed by atoms with Gasteiger partial charge in [0.15, 0.2) is 0 Å². The molecule has 0 aliphatic heterocycles. The molecule has 3 heteroatoms.